The smallest absolute Gasteiger partial charge is 0.177 e. The van der Waals surface area contributed by atoms with Gasteiger partial charge in [-0.1, -0.05) is 60.7 Å². The van der Waals surface area contributed by atoms with Crippen LogP contribution in [-0.2, 0) is 0 Å². The van der Waals surface area contributed by atoms with Crippen LogP contribution < -0.4 is 9.64 Å². The molecule has 1 aliphatic heterocycles. The maximum atomic E-state index is 9.74. The second-order valence-corrected chi connectivity index (χ2v) is 11.0. The van der Waals surface area contributed by atoms with E-state index >= 15 is 0 Å². The SMILES string of the molecule is C=CC.Cc1cc(N2c3ccccc3Oc3ccccc32)c(C)cc1-c1ccc2cccc3c2c1-c1nc(C#N)c(C#N)nc1-3. The molecule has 0 N–H and O–H groups in total. The van der Waals surface area contributed by atoms with Crippen LogP contribution in [0, 0.1) is 36.5 Å². The van der Waals surface area contributed by atoms with Gasteiger partial charge in [0.2, 0.25) is 0 Å². The zero-order valence-electron chi connectivity index (χ0n) is 25.1. The van der Waals surface area contributed by atoms with Crippen LogP contribution in [0.15, 0.2) is 104 Å². The van der Waals surface area contributed by atoms with E-state index in [4.69, 9.17) is 9.72 Å². The predicted molar refractivity (Wildman–Crippen MR) is 179 cm³/mol. The summed E-state index contributed by atoms with van der Waals surface area (Å²) in [6.45, 7) is 9.51. The van der Waals surface area contributed by atoms with Gasteiger partial charge in [0.05, 0.1) is 22.8 Å². The van der Waals surface area contributed by atoms with Crippen molar-refractivity contribution >= 4 is 27.8 Å². The summed E-state index contributed by atoms with van der Waals surface area (Å²) in [7, 11) is 0. The highest BCUT2D eigenvalue weighted by molar-refractivity contribution is 6.17. The van der Waals surface area contributed by atoms with Gasteiger partial charge in [0, 0.05) is 22.2 Å². The lowest BCUT2D eigenvalue weighted by Gasteiger charge is -2.34. The van der Waals surface area contributed by atoms with Gasteiger partial charge >= 0.3 is 0 Å². The zero-order chi connectivity index (χ0) is 31.2. The summed E-state index contributed by atoms with van der Waals surface area (Å²) in [5, 5.41) is 21.5. The van der Waals surface area contributed by atoms with Gasteiger partial charge in [0.25, 0.3) is 0 Å². The molecule has 0 saturated heterocycles. The first-order valence-corrected chi connectivity index (χ1v) is 14.6. The lowest BCUT2D eigenvalue weighted by atomic mass is 9.90. The number of aromatic nitrogens is 2. The molecule has 2 heterocycles. The van der Waals surface area contributed by atoms with Crippen molar-refractivity contribution in [1.29, 1.82) is 10.5 Å². The van der Waals surface area contributed by atoms with E-state index in [9.17, 15) is 10.5 Å². The van der Waals surface area contributed by atoms with Crippen molar-refractivity contribution in [1.82, 2.24) is 9.97 Å². The Morgan fingerprint density at radius 1 is 0.689 bits per heavy atom. The molecule has 0 saturated carbocycles. The van der Waals surface area contributed by atoms with E-state index in [-0.39, 0.29) is 11.4 Å². The number of nitrogens with zero attached hydrogens (tertiary/aromatic N) is 5. The second kappa shape index (κ2) is 10.8. The predicted octanol–water partition coefficient (Wildman–Crippen LogP) is 10.1. The fraction of sp³-hybridized carbons (Fsp3) is 0.0769. The van der Waals surface area contributed by atoms with Gasteiger partial charge in [0.15, 0.2) is 22.9 Å². The van der Waals surface area contributed by atoms with Gasteiger partial charge in [-0.15, -0.1) is 6.58 Å². The Kier molecular flexibility index (Phi) is 6.62. The molecule has 6 nitrogen and oxygen atoms in total. The van der Waals surface area contributed by atoms with E-state index in [0.29, 0.717) is 11.4 Å². The monoisotopic (exact) mass is 581 g/mol. The van der Waals surface area contributed by atoms with Gasteiger partial charge in [-0.25, -0.2) is 9.97 Å². The molecular formula is C39H27N5O. The summed E-state index contributed by atoms with van der Waals surface area (Å²) in [5.41, 5.74) is 10.6. The lowest BCUT2D eigenvalue weighted by Crippen LogP contribution is -2.16. The topological polar surface area (TPSA) is 85.8 Å². The molecule has 1 aliphatic carbocycles. The standard InChI is InChI=1S/C36H21N5O.C3H6/c1-20-17-30(41-28-10-3-5-12-31(28)42-32-13-6-4-11-29(32)41)21(2)16-25(20)23-15-14-22-8-7-9-24-33(22)34(23)36-35(24)39-26(18-37)27(19-38)40-36;1-3-2/h3-17H,1-2H3;3H,1H2,2H3. The number of hydrogen-bond donors (Lipinski definition) is 0. The van der Waals surface area contributed by atoms with Crippen molar-refractivity contribution < 1.29 is 4.74 Å². The molecule has 214 valence electrons. The molecule has 0 spiro atoms. The van der Waals surface area contributed by atoms with Gasteiger partial charge in [-0.05, 0) is 84.8 Å². The number of ether oxygens (including phenoxy) is 1. The van der Waals surface area contributed by atoms with Crippen LogP contribution in [0.3, 0.4) is 0 Å². The Balaban J connectivity index is 0.00000104. The maximum absolute atomic E-state index is 9.74. The maximum Gasteiger partial charge on any atom is 0.177 e. The molecular weight excluding hydrogens is 554 g/mol. The van der Waals surface area contributed by atoms with Crippen LogP contribution in [0.5, 0.6) is 11.5 Å². The molecule has 0 unspecified atom stereocenters. The van der Waals surface area contributed by atoms with E-state index in [1.165, 1.54) is 0 Å². The van der Waals surface area contributed by atoms with Crippen molar-refractivity contribution in [2.75, 3.05) is 4.90 Å². The number of fused-ring (bicyclic) bond motifs is 5. The van der Waals surface area contributed by atoms with Gasteiger partial charge in [-0.2, -0.15) is 10.5 Å². The molecule has 1 aromatic heterocycles. The minimum Gasteiger partial charge on any atom is -0.453 e. The molecule has 6 heteroatoms. The molecule has 8 rings (SSSR count). The number of nitriles is 2. The first-order valence-electron chi connectivity index (χ1n) is 14.6. The van der Waals surface area contributed by atoms with E-state index < -0.39 is 0 Å². The number of aryl methyl sites for hydroxylation is 2. The molecule has 0 atom stereocenters. The number of rotatable bonds is 2. The first-order chi connectivity index (χ1) is 22.0. The number of anilines is 3. The number of hydrogen-bond acceptors (Lipinski definition) is 6. The average Bonchev–Trinajstić information content (AvgIpc) is 3.39. The third-order valence-corrected chi connectivity index (χ3v) is 8.15. The van der Waals surface area contributed by atoms with E-state index in [1.54, 1.807) is 6.08 Å². The Bertz CT molecular complexity index is 2240. The second-order valence-electron chi connectivity index (χ2n) is 11.0. The fourth-order valence-electron chi connectivity index (χ4n) is 6.30. The summed E-state index contributed by atoms with van der Waals surface area (Å²) >= 11 is 0. The van der Waals surface area contributed by atoms with Gasteiger partial charge in [0.1, 0.15) is 12.1 Å². The van der Waals surface area contributed by atoms with Crippen molar-refractivity contribution in [3.63, 3.8) is 0 Å². The molecule has 0 amide bonds. The summed E-state index contributed by atoms with van der Waals surface area (Å²) in [5.74, 6) is 1.63. The molecule has 0 fully saturated rings. The van der Waals surface area contributed by atoms with Crippen molar-refractivity contribution in [3.8, 4) is 57.3 Å². The quantitative estimate of drug-likeness (QED) is 0.189. The average molecular weight is 582 g/mol. The van der Waals surface area contributed by atoms with Gasteiger partial charge in [-0.3, -0.25) is 0 Å². The largest absolute Gasteiger partial charge is 0.453 e. The first kappa shape index (κ1) is 27.6. The van der Waals surface area contributed by atoms with E-state index in [0.717, 1.165) is 72.7 Å². The Morgan fingerprint density at radius 2 is 1.31 bits per heavy atom. The lowest BCUT2D eigenvalue weighted by molar-refractivity contribution is 0.477. The van der Waals surface area contributed by atoms with Crippen LogP contribution in [0.4, 0.5) is 17.1 Å². The van der Waals surface area contributed by atoms with Crippen LogP contribution in [0.2, 0.25) is 0 Å². The van der Waals surface area contributed by atoms with Crippen LogP contribution >= 0.6 is 0 Å². The fourth-order valence-corrected chi connectivity index (χ4v) is 6.30. The Labute approximate surface area is 261 Å². The van der Waals surface area contributed by atoms with E-state index in [1.807, 2.05) is 61.5 Å². The van der Waals surface area contributed by atoms with Crippen molar-refractivity contribution in [2.24, 2.45) is 0 Å². The molecule has 6 aromatic rings. The van der Waals surface area contributed by atoms with E-state index in [2.05, 4.69) is 78.8 Å². The normalized spacial score (nSPS) is 11.6. The Morgan fingerprint density at radius 3 is 1.96 bits per heavy atom. The molecule has 5 aromatic carbocycles. The third-order valence-electron chi connectivity index (χ3n) is 8.15. The number of allylic oxidation sites excluding steroid dienone is 1. The van der Waals surface area contributed by atoms with Crippen LogP contribution in [0.25, 0.3) is 44.4 Å². The van der Waals surface area contributed by atoms with Crippen LogP contribution in [0.1, 0.15) is 29.4 Å². The molecule has 2 aliphatic rings. The highest BCUT2D eigenvalue weighted by atomic mass is 16.5. The highest BCUT2D eigenvalue weighted by Gasteiger charge is 2.31. The Hall–Kier alpha value is -6.24. The van der Waals surface area contributed by atoms with Gasteiger partial charge < -0.3 is 9.64 Å². The summed E-state index contributed by atoms with van der Waals surface area (Å²) in [6, 6.07) is 35.1. The minimum atomic E-state index is 0.0416. The summed E-state index contributed by atoms with van der Waals surface area (Å²) < 4.78 is 6.24. The summed E-state index contributed by atoms with van der Waals surface area (Å²) in [4.78, 5) is 11.6. The highest BCUT2D eigenvalue weighted by Crippen LogP contribution is 2.53. The van der Waals surface area contributed by atoms with Crippen molar-refractivity contribution in [2.45, 2.75) is 20.8 Å². The third kappa shape index (κ3) is 4.24. The van der Waals surface area contributed by atoms with Crippen LogP contribution in [-0.4, -0.2) is 9.97 Å². The summed E-state index contributed by atoms with van der Waals surface area (Å²) in [6.07, 6.45) is 1.75. The zero-order valence-corrected chi connectivity index (χ0v) is 25.1. The number of benzene rings is 5. The molecule has 0 bridgehead atoms. The van der Waals surface area contributed by atoms with Crippen molar-refractivity contribution in [3.05, 3.63) is 126 Å². The molecule has 0 radical (unpaired) electrons. The molecule has 45 heavy (non-hydrogen) atoms. The number of para-hydroxylation sites is 4. The minimum absolute atomic E-state index is 0.0416.